The summed E-state index contributed by atoms with van der Waals surface area (Å²) in [5.41, 5.74) is 6.60. The molecule has 0 saturated heterocycles. The summed E-state index contributed by atoms with van der Waals surface area (Å²) >= 11 is 0. The van der Waals surface area contributed by atoms with Crippen molar-refractivity contribution in [2.24, 2.45) is 5.73 Å². The Morgan fingerprint density at radius 1 is 1.24 bits per heavy atom. The zero-order chi connectivity index (χ0) is 18.2. The highest BCUT2D eigenvalue weighted by Crippen LogP contribution is 2.37. The van der Waals surface area contributed by atoms with Crippen LogP contribution in [0.5, 0.6) is 11.5 Å². The fourth-order valence-corrected chi connectivity index (χ4v) is 4.09. The van der Waals surface area contributed by atoms with E-state index in [-0.39, 0.29) is 11.4 Å². The minimum absolute atomic E-state index is 0.0879. The second-order valence-corrected chi connectivity index (χ2v) is 7.55. The molecule has 2 aromatic carbocycles. The number of carbonyl (C=O) groups excluding carboxylic acids is 1. The molecule has 2 aromatic rings. The maximum absolute atomic E-state index is 13.1. The fraction of sp³-hybridized carbons (Fsp3) is 0.235. The lowest BCUT2D eigenvalue weighted by molar-refractivity contribution is -0.124. The molecule has 1 heterocycles. The Kier molecular flexibility index (Phi) is 4.30. The number of fused-ring (bicyclic) bond motifs is 1. The first-order chi connectivity index (χ1) is 11.8. The quantitative estimate of drug-likeness (QED) is 0.887. The standard InChI is InChI=1S/C17H18N2O5S/c1-11-3-8-14-15(9-11)24-16(17(18)20)10-19(14)25(21,22)13-6-4-12(23-2)5-7-13/h3-9,16H,10H2,1-2H3,(H2,18,20). The largest absolute Gasteiger partial charge is 0.497 e. The Morgan fingerprint density at radius 2 is 1.92 bits per heavy atom. The number of rotatable bonds is 4. The van der Waals surface area contributed by atoms with Gasteiger partial charge in [-0.05, 0) is 48.9 Å². The maximum Gasteiger partial charge on any atom is 0.264 e. The maximum atomic E-state index is 13.1. The number of hydrogen-bond acceptors (Lipinski definition) is 5. The minimum atomic E-state index is -3.89. The first-order valence-corrected chi connectivity index (χ1v) is 9.00. The molecular weight excluding hydrogens is 344 g/mol. The lowest BCUT2D eigenvalue weighted by Gasteiger charge is -2.34. The van der Waals surface area contributed by atoms with Gasteiger partial charge in [-0.1, -0.05) is 6.07 Å². The Bertz CT molecular complexity index is 909. The molecule has 7 nitrogen and oxygen atoms in total. The van der Waals surface area contributed by atoms with E-state index >= 15 is 0 Å². The predicted molar refractivity (Wildman–Crippen MR) is 92.3 cm³/mol. The Hall–Kier alpha value is -2.74. The molecule has 1 unspecified atom stereocenters. The van der Waals surface area contributed by atoms with Crippen LogP contribution in [0.3, 0.4) is 0 Å². The summed E-state index contributed by atoms with van der Waals surface area (Å²) < 4.78 is 37.9. The highest BCUT2D eigenvalue weighted by atomic mass is 32.2. The molecule has 1 aliphatic heterocycles. The number of methoxy groups -OCH3 is 1. The zero-order valence-electron chi connectivity index (χ0n) is 13.8. The molecule has 8 heteroatoms. The highest BCUT2D eigenvalue weighted by Gasteiger charge is 2.36. The van der Waals surface area contributed by atoms with Crippen LogP contribution in [0.15, 0.2) is 47.4 Å². The van der Waals surface area contributed by atoms with Gasteiger partial charge in [-0.3, -0.25) is 9.10 Å². The van der Waals surface area contributed by atoms with Crippen LogP contribution in [-0.2, 0) is 14.8 Å². The molecule has 0 aliphatic carbocycles. The third-order valence-corrected chi connectivity index (χ3v) is 5.74. The van der Waals surface area contributed by atoms with Crippen LogP contribution in [0.4, 0.5) is 5.69 Å². The van der Waals surface area contributed by atoms with Gasteiger partial charge in [0, 0.05) is 0 Å². The van der Waals surface area contributed by atoms with Gasteiger partial charge in [0.05, 0.1) is 24.2 Å². The number of ether oxygens (including phenoxy) is 2. The summed E-state index contributed by atoms with van der Waals surface area (Å²) in [6.45, 7) is 1.67. The molecule has 0 saturated carbocycles. The average molecular weight is 362 g/mol. The molecule has 3 rings (SSSR count). The summed E-state index contributed by atoms with van der Waals surface area (Å²) in [7, 11) is -2.39. The second-order valence-electron chi connectivity index (χ2n) is 5.69. The predicted octanol–water partition coefficient (Wildman–Crippen LogP) is 1.45. The van der Waals surface area contributed by atoms with Crippen molar-refractivity contribution in [3.63, 3.8) is 0 Å². The van der Waals surface area contributed by atoms with Gasteiger partial charge < -0.3 is 15.2 Å². The molecule has 1 aliphatic rings. The normalized spacial score (nSPS) is 16.7. The van der Waals surface area contributed by atoms with Crippen molar-refractivity contribution in [1.82, 2.24) is 0 Å². The van der Waals surface area contributed by atoms with Crippen molar-refractivity contribution < 1.29 is 22.7 Å². The molecule has 25 heavy (non-hydrogen) atoms. The van der Waals surface area contributed by atoms with Crippen LogP contribution < -0.4 is 19.5 Å². The van der Waals surface area contributed by atoms with Crippen molar-refractivity contribution in [3.8, 4) is 11.5 Å². The lowest BCUT2D eigenvalue weighted by Crippen LogP contribution is -2.49. The minimum Gasteiger partial charge on any atom is -0.497 e. The van der Waals surface area contributed by atoms with Crippen molar-refractivity contribution >= 4 is 21.6 Å². The van der Waals surface area contributed by atoms with E-state index in [4.69, 9.17) is 15.2 Å². The molecule has 0 fully saturated rings. The van der Waals surface area contributed by atoms with E-state index in [0.29, 0.717) is 17.2 Å². The zero-order valence-corrected chi connectivity index (χ0v) is 14.6. The summed E-state index contributed by atoms with van der Waals surface area (Å²) in [4.78, 5) is 11.7. The number of hydrogen-bond donors (Lipinski definition) is 1. The monoisotopic (exact) mass is 362 g/mol. The number of aryl methyl sites for hydroxylation is 1. The van der Waals surface area contributed by atoms with Gasteiger partial charge in [0.2, 0.25) is 0 Å². The summed E-state index contributed by atoms with van der Waals surface area (Å²) in [6, 6.07) is 11.2. The van der Waals surface area contributed by atoms with E-state index in [2.05, 4.69) is 0 Å². The van der Waals surface area contributed by atoms with Gasteiger partial charge in [0.25, 0.3) is 15.9 Å². The molecule has 1 amide bonds. The summed E-state index contributed by atoms with van der Waals surface area (Å²) in [5, 5.41) is 0. The average Bonchev–Trinajstić information content (AvgIpc) is 2.60. The summed E-state index contributed by atoms with van der Waals surface area (Å²) in [6.07, 6.45) is -1.05. The van der Waals surface area contributed by atoms with Crippen LogP contribution in [0.25, 0.3) is 0 Å². The van der Waals surface area contributed by atoms with Gasteiger partial charge in [-0.25, -0.2) is 8.42 Å². The molecule has 0 bridgehead atoms. The van der Waals surface area contributed by atoms with E-state index in [1.165, 1.54) is 19.2 Å². The van der Waals surface area contributed by atoms with E-state index in [1.807, 2.05) is 6.92 Å². The van der Waals surface area contributed by atoms with E-state index in [0.717, 1.165) is 9.87 Å². The van der Waals surface area contributed by atoms with Gasteiger partial charge >= 0.3 is 0 Å². The van der Waals surface area contributed by atoms with Crippen molar-refractivity contribution in [1.29, 1.82) is 0 Å². The Morgan fingerprint density at radius 3 is 2.52 bits per heavy atom. The molecule has 1 atom stereocenters. The van der Waals surface area contributed by atoms with Gasteiger partial charge in [-0.15, -0.1) is 0 Å². The molecule has 0 aromatic heterocycles. The summed E-state index contributed by atoms with van der Waals surface area (Å²) in [5.74, 6) is 0.140. The van der Waals surface area contributed by atoms with Crippen LogP contribution in [-0.4, -0.2) is 34.1 Å². The number of carbonyl (C=O) groups is 1. The Balaban J connectivity index is 2.08. The number of nitrogens with two attached hydrogens (primary N) is 1. The molecule has 132 valence electrons. The van der Waals surface area contributed by atoms with Crippen molar-refractivity contribution in [2.45, 2.75) is 17.9 Å². The molecular formula is C17H18N2O5S. The third kappa shape index (κ3) is 3.12. The molecule has 0 spiro atoms. The van der Waals surface area contributed by atoms with Crippen LogP contribution in [0.2, 0.25) is 0 Å². The molecule has 2 N–H and O–H groups in total. The topological polar surface area (TPSA) is 98.9 Å². The number of benzene rings is 2. The highest BCUT2D eigenvalue weighted by molar-refractivity contribution is 7.92. The number of amides is 1. The number of nitrogens with zero attached hydrogens (tertiary/aromatic N) is 1. The number of sulfonamides is 1. The van der Waals surface area contributed by atoms with Crippen molar-refractivity contribution in [2.75, 3.05) is 18.0 Å². The fourth-order valence-electron chi connectivity index (χ4n) is 2.61. The lowest BCUT2D eigenvalue weighted by atomic mass is 10.1. The van der Waals surface area contributed by atoms with Gasteiger partial charge in [-0.2, -0.15) is 0 Å². The second kappa shape index (κ2) is 6.29. The van der Waals surface area contributed by atoms with E-state index in [1.54, 1.807) is 30.3 Å². The molecule has 0 radical (unpaired) electrons. The number of primary amides is 1. The SMILES string of the molecule is COc1ccc(S(=O)(=O)N2CC(C(N)=O)Oc3cc(C)ccc32)cc1. The number of anilines is 1. The van der Waals surface area contributed by atoms with Crippen LogP contribution in [0.1, 0.15) is 5.56 Å². The third-order valence-electron chi connectivity index (χ3n) is 3.95. The van der Waals surface area contributed by atoms with Crippen LogP contribution >= 0.6 is 0 Å². The van der Waals surface area contributed by atoms with E-state index < -0.39 is 22.0 Å². The first-order valence-electron chi connectivity index (χ1n) is 7.56. The van der Waals surface area contributed by atoms with Gasteiger partial charge in [0.1, 0.15) is 11.5 Å². The first kappa shape index (κ1) is 17.1. The smallest absolute Gasteiger partial charge is 0.264 e. The van der Waals surface area contributed by atoms with Crippen molar-refractivity contribution in [3.05, 3.63) is 48.0 Å². The Labute approximate surface area is 146 Å². The van der Waals surface area contributed by atoms with E-state index in [9.17, 15) is 13.2 Å². The van der Waals surface area contributed by atoms with Gasteiger partial charge in [0.15, 0.2) is 6.10 Å². The van der Waals surface area contributed by atoms with Crippen LogP contribution in [0, 0.1) is 6.92 Å².